The van der Waals surface area contributed by atoms with E-state index in [1.54, 1.807) is 19.5 Å². The molecule has 140 valence electrons. The standard InChI is InChI=1S/C18H21N7O2/c1-4-25-23-17(22-24-25)15-9-19-11(2)21-18(15)27-10-12-7-14(12)16-6-5-13(26-3)8-20-16/h5-6,8-9,12,14H,4,7,10H2,1-3H3. The number of aromatic nitrogens is 7. The Balaban J connectivity index is 1.44. The molecule has 0 bridgehead atoms. The predicted octanol–water partition coefficient (Wildman–Crippen LogP) is 2.04. The monoisotopic (exact) mass is 367 g/mol. The summed E-state index contributed by atoms with van der Waals surface area (Å²) in [5.74, 6) is 3.18. The predicted molar refractivity (Wildman–Crippen MR) is 96.4 cm³/mol. The van der Waals surface area contributed by atoms with Crippen LogP contribution in [0.1, 0.15) is 30.8 Å². The molecule has 1 fully saturated rings. The molecule has 3 aromatic rings. The molecule has 0 N–H and O–H groups in total. The van der Waals surface area contributed by atoms with Gasteiger partial charge in [0.2, 0.25) is 11.7 Å². The Morgan fingerprint density at radius 1 is 1.22 bits per heavy atom. The highest BCUT2D eigenvalue weighted by molar-refractivity contribution is 5.59. The zero-order chi connectivity index (χ0) is 18.8. The van der Waals surface area contributed by atoms with Gasteiger partial charge in [-0.15, -0.1) is 10.2 Å². The number of tetrazole rings is 1. The molecule has 0 amide bonds. The van der Waals surface area contributed by atoms with Crippen molar-refractivity contribution in [3.63, 3.8) is 0 Å². The van der Waals surface area contributed by atoms with Crippen LogP contribution in [0.5, 0.6) is 11.6 Å². The molecular weight excluding hydrogens is 346 g/mol. The fourth-order valence-corrected chi connectivity index (χ4v) is 2.91. The zero-order valence-corrected chi connectivity index (χ0v) is 15.5. The first-order valence-electron chi connectivity index (χ1n) is 8.92. The maximum absolute atomic E-state index is 6.02. The second-order valence-electron chi connectivity index (χ2n) is 6.47. The van der Waals surface area contributed by atoms with Crippen LogP contribution in [0.15, 0.2) is 24.5 Å². The van der Waals surface area contributed by atoms with Crippen LogP contribution in [-0.4, -0.2) is 48.9 Å². The number of nitrogens with zero attached hydrogens (tertiary/aromatic N) is 7. The normalized spacial score (nSPS) is 18.3. The van der Waals surface area contributed by atoms with Gasteiger partial charge in [-0.2, -0.15) is 9.78 Å². The highest BCUT2D eigenvalue weighted by atomic mass is 16.5. The van der Waals surface area contributed by atoms with Crippen molar-refractivity contribution in [2.24, 2.45) is 5.92 Å². The molecule has 0 spiro atoms. The highest BCUT2D eigenvalue weighted by Gasteiger charge is 2.40. The Morgan fingerprint density at radius 2 is 2.11 bits per heavy atom. The molecule has 3 heterocycles. The van der Waals surface area contributed by atoms with E-state index in [2.05, 4.69) is 30.4 Å². The molecule has 9 nitrogen and oxygen atoms in total. The number of methoxy groups -OCH3 is 1. The van der Waals surface area contributed by atoms with Crippen LogP contribution in [0.3, 0.4) is 0 Å². The molecule has 3 aromatic heterocycles. The Morgan fingerprint density at radius 3 is 2.81 bits per heavy atom. The number of ether oxygens (including phenoxy) is 2. The minimum Gasteiger partial charge on any atom is -0.495 e. The Hall–Kier alpha value is -3.10. The molecule has 9 heteroatoms. The summed E-state index contributed by atoms with van der Waals surface area (Å²) in [6.45, 7) is 4.99. The van der Waals surface area contributed by atoms with E-state index in [-0.39, 0.29) is 0 Å². The summed E-state index contributed by atoms with van der Waals surface area (Å²) in [4.78, 5) is 14.7. The summed E-state index contributed by atoms with van der Waals surface area (Å²) < 4.78 is 11.2. The number of pyridine rings is 1. The fourth-order valence-electron chi connectivity index (χ4n) is 2.91. The molecule has 2 atom stereocenters. The third-order valence-corrected chi connectivity index (χ3v) is 4.58. The third-order valence-electron chi connectivity index (χ3n) is 4.58. The summed E-state index contributed by atoms with van der Waals surface area (Å²) in [7, 11) is 1.64. The molecular formula is C18H21N7O2. The second-order valence-corrected chi connectivity index (χ2v) is 6.47. The van der Waals surface area contributed by atoms with Gasteiger partial charge in [0.15, 0.2) is 0 Å². The lowest BCUT2D eigenvalue weighted by molar-refractivity contribution is 0.285. The summed E-state index contributed by atoms with van der Waals surface area (Å²) in [5, 5.41) is 12.4. The van der Waals surface area contributed by atoms with E-state index in [4.69, 9.17) is 9.47 Å². The van der Waals surface area contributed by atoms with Gasteiger partial charge < -0.3 is 9.47 Å². The van der Waals surface area contributed by atoms with Crippen LogP contribution in [0.4, 0.5) is 0 Å². The van der Waals surface area contributed by atoms with Crippen molar-refractivity contribution >= 4 is 0 Å². The van der Waals surface area contributed by atoms with Gasteiger partial charge in [0.25, 0.3) is 0 Å². The van der Waals surface area contributed by atoms with Crippen molar-refractivity contribution < 1.29 is 9.47 Å². The zero-order valence-electron chi connectivity index (χ0n) is 15.5. The van der Waals surface area contributed by atoms with Crippen molar-refractivity contribution in [3.8, 4) is 23.0 Å². The number of rotatable bonds is 7. The average molecular weight is 367 g/mol. The molecule has 2 unspecified atom stereocenters. The summed E-state index contributed by atoms with van der Waals surface area (Å²) in [6.07, 6.45) is 4.48. The van der Waals surface area contributed by atoms with E-state index < -0.39 is 0 Å². The van der Waals surface area contributed by atoms with Crippen molar-refractivity contribution in [1.29, 1.82) is 0 Å². The van der Waals surface area contributed by atoms with Gasteiger partial charge in [-0.1, -0.05) is 0 Å². The summed E-state index contributed by atoms with van der Waals surface area (Å²) >= 11 is 0. The molecule has 0 aliphatic heterocycles. The molecule has 1 saturated carbocycles. The van der Waals surface area contributed by atoms with E-state index in [1.165, 1.54) is 4.80 Å². The van der Waals surface area contributed by atoms with Crippen LogP contribution in [0.25, 0.3) is 11.4 Å². The highest BCUT2D eigenvalue weighted by Crippen LogP contribution is 2.47. The van der Waals surface area contributed by atoms with Crippen LogP contribution in [0, 0.1) is 12.8 Å². The molecule has 4 rings (SSSR count). The van der Waals surface area contributed by atoms with Gasteiger partial charge in [-0.25, -0.2) is 4.98 Å². The molecule has 27 heavy (non-hydrogen) atoms. The van der Waals surface area contributed by atoms with E-state index in [9.17, 15) is 0 Å². The van der Waals surface area contributed by atoms with Gasteiger partial charge in [0, 0.05) is 23.7 Å². The summed E-state index contributed by atoms with van der Waals surface area (Å²) in [6, 6.07) is 3.95. The van der Waals surface area contributed by atoms with Crippen LogP contribution >= 0.6 is 0 Å². The van der Waals surface area contributed by atoms with Crippen LogP contribution in [-0.2, 0) is 6.54 Å². The molecule has 0 aromatic carbocycles. The number of hydrogen-bond acceptors (Lipinski definition) is 8. The largest absolute Gasteiger partial charge is 0.495 e. The maximum atomic E-state index is 6.02. The van der Waals surface area contributed by atoms with E-state index in [1.807, 2.05) is 26.0 Å². The van der Waals surface area contributed by atoms with Crippen LogP contribution in [0.2, 0.25) is 0 Å². The molecule has 0 saturated heterocycles. The Kier molecular flexibility index (Phi) is 4.66. The average Bonchev–Trinajstić information content (AvgIpc) is 3.32. The van der Waals surface area contributed by atoms with Gasteiger partial charge in [0.1, 0.15) is 17.1 Å². The van der Waals surface area contributed by atoms with Gasteiger partial charge >= 0.3 is 0 Å². The number of aryl methyl sites for hydroxylation is 2. The number of hydrogen-bond donors (Lipinski definition) is 0. The SMILES string of the molecule is CCn1nnc(-c2cnc(C)nc2OCC2CC2c2ccc(OC)cn2)n1. The lowest BCUT2D eigenvalue weighted by atomic mass is 10.2. The first-order valence-corrected chi connectivity index (χ1v) is 8.92. The Labute approximate surface area is 156 Å². The van der Waals surface area contributed by atoms with Crippen molar-refractivity contribution in [2.45, 2.75) is 32.7 Å². The minimum absolute atomic E-state index is 0.404. The first-order chi connectivity index (χ1) is 13.2. The van der Waals surface area contributed by atoms with Crippen molar-refractivity contribution in [1.82, 2.24) is 35.2 Å². The summed E-state index contributed by atoms with van der Waals surface area (Å²) in [5.41, 5.74) is 1.72. The van der Waals surface area contributed by atoms with E-state index >= 15 is 0 Å². The van der Waals surface area contributed by atoms with Gasteiger partial charge in [-0.05, 0) is 37.6 Å². The van der Waals surface area contributed by atoms with Gasteiger partial charge in [-0.3, -0.25) is 4.98 Å². The molecule has 0 radical (unpaired) electrons. The topological polar surface area (TPSA) is 101 Å². The lowest BCUT2D eigenvalue weighted by Crippen LogP contribution is -2.06. The minimum atomic E-state index is 0.404. The smallest absolute Gasteiger partial charge is 0.228 e. The first kappa shape index (κ1) is 17.3. The van der Waals surface area contributed by atoms with Gasteiger partial charge in [0.05, 0.1) is 26.5 Å². The van der Waals surface area contributed by atoms with E-state index in [0.29, 0.717) is 48.1 Å². The quantitative estimate of drug-likeness (QED) is 0.625. The van der Waals surface area contributed by atoms with E-state index in [0.717, 1.165) is 17.9 Å². The second kappa shape index (κ2) is 7.26. The fraction of sp³-hybridized carbons (Fsp3) is 0.444. The molecule has 1 aliphatic carbocycles. The van der Waals surface area contributed by atoms with Crippen molar-refractivity contribution in [3.05, 3.63) is 36.0 Å². The maximum Gasteiger partial charge on any atom is 0.228 e. The Bertz CT molecular complexity index is 926. The lowest BCUT2D eigenvalue weighted by Gasteiger charge is -2.08. The van der Waals surface area contributed by atoms with Crippen LogP contribution < -0.4 is 9.47 Å². The third kappa shape index (κ3) is 3.71. The molecule has 1 aliphatic rings. The van der Waals surface area contributed by atoms with Crippen molar-refractivity contribution in [2.75, 3.05) is 13.7 Å².